The van der Waals surface area contributed by atoms with Crippen LogP contribution in [-0.4, -0.2) is 18.0 Å². The SMILES string of the molecule is c1ccc(N(c2ccccc2)c2ccc3c(c2)N(c2ccccc2)c2cc(N(c4ccccc4)c4ccccc4)cc4c2B3c2cc3c5cc6c(cc5n(-c5ccccc5)c3cc2N4c2ccccc2)N(c2ccccc2)c2cccc3c2B6c2ccccc2O3)cc1. The Morgan fingerprint density at radius 3 is 1.10 bits per heavy atom. The van der Waals surface area contributed by atoms with E-state index in [9.17, 15) is 0 Å². The average Bonchev–Trinajstić information content (AvgIpc) is 1.57. The standard InChI is InChI=1S/C84H56B2N6O/c1-9-28-57(29-10-1)87(58-30-11-2-12-31-58)65-48-49-69-76(50-65)91(63-40-21-7-22-41-63)79-51-66(88(59-32-13-3-14-33-59)60-34-15-4-16-35-60)52-80-83(79)85(69)71-53-67-68-54-72-77(55-74(68)90(62-38-19-6-20-39-62)75(67)56-78(71)92(80)64-42-23-8-24-43-64)89(61-36-17-5-18-37-61)73-45-27-47-82-84(73)86(72)70-44-25-26-46-81(70)93-82/h1-56H. The topological polar surface area (TPSA) is 30.4 Å². The van der Waals surface area contributed by atoms with E-state index in [4.69, 9.17) is 4.74 Å². The van der Waals surface area contributed by atoms with E-state index in [1.165, 1.54) is 38.1 Å². The van der Waals surface area contributed by atoms with E-state index in [0.717, 1.165) is 119 Å². The summed E-state index contributed by atoms with van der Waals surface area (Å²) in [5.74, 6) is 1.78. The molecular formula is C84H56B2N6O. The maximum Gasteiger partial charge on any atom is 0.256 e. The first kappa shape index (κ1) is 52.7. The van der Waals surface area contributed by atoms with Crippen molar-refractivity contribution in [2.75, 3.05) is 24.5 Å². The zero-order valence-electron chi connectivity index (χ0n) is 50.6. The third kappa shape index (κ3) is 8.26. The molecule has 14 aromatic carbocycles. The Morgan fingerprint density at radius 1 is 0.237 bits per heavy atom. The normalized spacial score (nSPS) is 12.9. The first-order chi connectivity index (χ1) is 46.2. The van der Waals surface area contributed by atoms with Gasteiger partial charge in [-0.1, -0.05) is 188 Å². The molecule has 9 heteroatoms. The number of benzene rings is 14. The number of fused-ring (bicyclic) bond motifs is 11. The Labute approximate surface area is 540 Å². The van der Waals surface area contributed by atoms with Gasteiger partial charge in [0.2, 0.25) is 0 Å². The molecule has 0 spiro atoms. The van der Waals surface area contributed by atoms with Crippen LogP contribution in [0.2, 0.25) is 0 Å². The van der Waals surface area contributed by atoms with E-state index in [-0.39, 0.29) is 13.4 Å². The fourth-order valence-electron chi connectivity index (χ4n) is 15.5. The van der Waals surface area contributed by atoms with Crippen LogP contribution in [0.5, 0.6) is 11.5 Å². The van der Waals surface area contributed by atoms with Crippen molar-refractivity contribution in [2.45, 2.75) is 0 Å². The van der Waals surface area contributed by atoms with Crippen molar-refractivity contribution in [1.29, 1.82) is 0 Å². The Bertz CT molecular complexity index is 5310. The summed E-state index contributed by atoms with van der Waals surface area (Å²) in [5, 5.41) is 2.36. The van der Waals surface area contributed by atoms with Gasteiger partial charge in [0.05, 0.1) is 16.7 Å². The molecule has 0 aliphatic carbocycles. The third-order valence-corrected chi connectivity index (χ3v) is 19.3. The minimum Gasteiger partial charge on any atom is -0.458 e. The Balaban J connectivity index is 0.946. The highest BCUT2D eigenvalue weighted by Gasteiger charge is 2.46. The molecule has 0 atom stereocenters. The van der Waals surface area contributed by atoms with E-state index in [2.05, 4.69) is 369 Å². The molecule has 0 saturated heterocycles. The van der Waals surface area contributed by atoms with Gasteiger partial charge in [-0.25, -0.2) is 0 Å². The molecule has 5 heterocycles. The van der Waals surface area contributed by atoms with E-state index in [0.29, 0.717) is 0 Å². The van der Waals surface area contributed by atoms with Gasteiger partial charge in [-0.3, -0.25) is 0 Å². The van der Waals surface area contributed by atoms with Gasteiger partial charge in [-0.05, 0) is 184 Å². The molecule has 4 aliphatic rings. The van der Waals surface area contributed by atoms with Gasteiger partial charge >= 0.3 is 0 Å². The number of nitrogens with zero attached hydrogens (tertiary/aromatic N) is 6. The van der Waals surface area contributed by atoms with Crippen LogP contribution in [0.3, 0.4) is 0 Å². The molecule has 0 N–H and O–H groups in total. The molecule has 7 nitrogen and oxygen atoms in total. The Hall–Kier alpha value is -12.2. The van der Waals surface area contributed by atoms with Crippen LogP contribution in [0.4, 0.5) is 85.3 Å². The number of ether oxygens (including phenoxy) is 1. The van der Waals surface area contributed by atoms with Gasteiger partial charge in [0.25, 0.3) is 13.4 Å². The zero-order chi connectivity index (χ0) is 61.1. The third-order valence-electron chi connectivity index (χ3n) is 19.3. The summed E-state index contributed by atoms with van der Waals surface area (Å²) in [4.78, 5) is 12.4. The second-order valence-corrected chi connectivity index (χ2v) is 24.4. The zero-order valence-corrected chi connectivity index (χ0v) is 50.6. The highest BCUT2D eigenvalue weighted by molar-refractivity contribution is 7.01. The van der Waals surface area contributed by atoms with Crippen molar-refractivity contribution in [3.05, 3.63) is 340 Å². The number of anilines is 15. The summed E-state index contributed by atoms with van der Waals surface area (Å²) in [6, 6.07) is 124. The van der Waals surface area contributed by atoms with Crippen LogP contribution in [-0.2, 0) is 0 Å². The monoisotopic (exact) mass is 1190 g/mol. The fraction of sp³-hybridized carbons (Fsp3) is 0. The molecule has 1 aromatic heterocycles. The molecule has 0 bridgehead atoms. The van der Waals surface area contributed by atoms with Gasteiger partial charge in [0.15, 0.2) is 0 Å². The lowest BCUT2D eigenvalue weighted by Crippen LogP contribution is -2.61. The highest BCUT2D eigenvalue weighted by Crippen LogP contribution is 2.51. The summed E-state index contributed by atoms with van der Waals surface area (Å²) in [7, 11) is 0. The molecule has 0 fully saturated rings. The number of rotatable bonds is 10. The van der Waals surface area contributed by atoms with E-state index in [1.807, 2.05) is 0 Å². The van der Waals surface area contributed by atoms with Crippen molar-refractivity contribution in [2.24, 2.45) is 0 Å². The highest BCUT2D eigenvalue weighted by atomic mass is 16.5. The van der Waals surface area contributed by atoms with Crippen LogP contribution < -0.4 is 62.0 Å². The second-order valence-electron chi connectivity index (χ2n) is 24.4. The summed E-state index contributed by atoms with van der Waals surface area (Å²) in [6.45, 7) is -0.319. The van der Waals surface area contributed by atoms with Crippen LogP contribution in [0.1, 0.15) is 0 Å². The summed E-state index contributed by atoms with van der Waals surface area (Å²) in [5.41, 5.74) is 26.8. The van der Waals surface area contributed by atoms with Gasteiger partial charge in [0, 0.05) is 96.1 Å². The molecule has 93 heavy (non-hydrogen) atoms. The largest absolute Gasteiger partial charge is 0.458 e. The quantitative estimate of drug-likeness (QED) is 0.127. The van der Waals surface area contributed by atoms with E-state index < -0.39 is 0 Å². The Kier molecular flexibility index (Phi) is 12.0. The van der Waals surface area contributed by atoms with Crippen molar-refractivity contribution in [3.63, 3.8) is 0 Å². The number of aromatic nitrogens is 1. The minimum atomic E-state index is -0.227. The molecule has 19 rings (SSSR count). The molecule has 0 radical (unpaired) electrons. The second kappa shape index (κ2) is 21.2. The molecule has 15 aromatic rings. The van der Waals surface area contributed by atoms with Crippen LogP contribution >= 0.6 is 0 Å². The van der Waals surface area contributed by atoms with Crippen LogP contribution in [0, 0.1) is 0 Å². The van der Waals surface area contributed by atoms with Gasteiger partial charge < -0.3 is 33.8 Å². The smallest absolute Gasteiger partial charge is 0.256 e. The van der Waals surface area contributed by atoms with Crippen molar-refractivity contribution in [1.82, 2.24) is 4.57 Å². The lowest BCUT2D eigenvalue weighted by molar-refractivity contribution is 0.487. The van der Waals surface area contributed by atoms with E-state index >= 15 is 0 Å². The maximum absolute atomic E-state index is 6.87. The number of para-hydroxylation sites is 9. The van der Waals surface area contributed by atoms with Gasteiger partial charge in [0.1, 0.15) is 11.5 Å². The van der Waals surface area contributed by atoms with Gasteiger partial charge in [-0.2, -0.15) is 0 Å². The molecule has 0 saturated carbocycles. The summed E-state index contributed by atoms with van der Waals surface area (Å²) in [6.07, 6.45) is 0. The van der Waals surface area contributed by atoms with Crippen molar-refractivity contribution >= 4 is 153 Å². The predicted octanol–water partition coefficient (Wildman–Crippen LogP) is 18.2. The fourth-order valence-corrected chi connectivity index (χ4v) is 15.5. The first-order valence-electron chi connectivity index (χ1n) is 32.0. The predicted molar refractivity (Wildman–Crippen MR) is 390 cm³/mol. The molecule has 0 unspecified atom stereocenters. The van der Waals surface area contributed by atoms with Crippen LogP contribution in [0.15, 0.2) is 340 Å². The lowest BCUT2D eigenvalue weighted by atomic mass is 9.33. The summed E-state index contributed by atoms with van der Waals surface area (Å²) < 4.78 is 9.39. The lowest BCUT2D eigenvalue weighted by Gasteiger charge is -2.45. The van der Waals surface area contributed by atoms with Crippen molar-refractivity contribution in [3.8, 4) is 17.2 Å². The summed E-state index contributed by atoms with van der Waals surface area (Å²) >= 11 is 0. The molecular weight excluding hydrogens is 1130 g/mol. The van der Waals surface area contributed by atoms with Gasteiger partial charge in [-0.15, -0.1) is 0 Å². The van der Waals surface area contributed by atoms with E-state index in [1.54, 1.807) is 0 Å². The molecule has 434 valence electrons. The average molecular weight is 1190 g/mol. The number of hydrogen-bond acceptors (Lipinski definition) is 6. The van der Waals surface area contributed by atoms with Crippen LogP contribution in [0.25, 0.3) is 27.5 Å². The Morgan fingerprint density at radius 2 is 0.613 bits per heavy atom. The molecule has 0 amide bonds. The maximum atomic E-state index is 6.87. The minimum absolute atomic E-state index is 0.0912. The van der Waals surface area contributed by atoms with Crippen molar-refractivity contribution < 1.29 is 4.74 Å². The number of hydrogen-bond donors (Lipinski definition) is 0. The molecule has 4 aliphatic heterocycles. The first-order valence-corrected chi connectivity index (χ1v) is 32.0.